The Labute approximate surface area is 160 Å². The second-order valence-electron chi connectivity index (χ2n) is 7.68. The van der Waals surface area contributed by atoms with Crippen LogP contribution in [0.5, 0.6) is 0 Å². The van der Waals surface area contributed by atoms with Crippen LogP contribution in [-0.2, 0) is 10.4 Å². The number of aliphatic hydroxyl groups is 1. The lowest BCUT2D eigenvalue weighted by atomic mass is 9.83. The van der Waals surface area contributed by atoms with Crippen molar-refractivity contribution >= 4 is 12.5 Å². The van der Waals surface area contributed by atoms with E-state index in [0.29, 0.717) is 37.9 Å². The van der Waals surface area contributed by atoms with Crippen molar-refractivity contribution in [1.82, 2.24) is 15.1 Å². The molecule has 1 unspecified atom stereocenters. The molecule has 0 radical (unpaired) electrons. The maximum absolute atomic E-state index is 12.6. The van der Waals surface area contributed by atoms with E-state index in [9.17, 15) is 9.90 Å². The maximum atomic E-state index is 12.6. The fourth-order valence-electron chi connectivity index (χ4n) is 4.50. The van der Waals surface area contributed by atoms with E-state index in [4.69, 9.17) is 9.90 Å². The van der Waals surface area contributed by atoms with Crippen molar-refractivity contribution in [2.24, 2.45) is 5.92 Å². The molecule has 7 heteroatoms. The first-order chi connectivity index (χ1) is 13.1. The Balaban J connectivity index is 0.000000659. The summed E-state index contributed by atoms with van der Waals surface area (Å²) in [4.78, 5) is 25.3. The summed E-state index contributed by atoms with van der Waals surface area (Å²) in [5.41, 5.74) is 0.163. The lowest BCUT2D eigenvalue weighted by molar-refractivity contribution is -0.122. The van der Waals surface area contributed by atoms with Gasteiger partial charge >= 0.3 is 6.03 Å². The van der Waals surface area contributed by atoms with Gasteiger partial charge in [0, 0.05) is 25.7 Å². The Kier molecular flexibility index (Phi) is 6.34. The highest BCUT2D eigenvalue weighted by Gasteiger charge is 2.38. The van der Waals surface area contributed by atoms with Crippen molar-refractivity contribution in [3.8, 4) is 0 Å². The first-order valence-electron chi connectivity index (χ1n) is 9.69. The number of fused-ring (bicyclic) bond motifs is 3. The number of nitrogens with one attached hydrogen (secondary N) is 1. The van der Waals surface area contributed by atoms with Crippen molar-refractivity contribution in [1.29, 1.82) is 0 Å². The van der Waals surface area contributed by atoms with Gasteiger partial charge < -0.3 is 25.3 Å². The molecular formula is C20H29N3O4. The number of benzene rings is 1. The van der Waals surface area contributed by atoms with Crippen LogP contribution in [0.4, 0.5) is 4.79 Å². The van der Waals surface area contributed by atoms with Crippen molar-refractivity contribution in [2.45, 2.75) is 37.3 Å². The maximum Gasteiger partial charge on any atom is 0.317 e. The first kappa shape index (κ1) is 19.6. The topological polar surface area (TPSA) is 93.1 Å². The van der Waals surface area contributed by atoms with E-state index >= 15 is 0 Å². The number of hydrogen-bond acceptors (Lipinski definition) is 4. The zero-order valence-corrected chi connectivity index (χ0v) is 15.6. The van der Waals surface area contributed by atoms with Gasteiger partial charge in [-0.3, -0.25) is 4.79 Å². The number of carboxylic acid groups (broad SMARTS) is 1. The minimum atomic E-state index is -0.798. The van der Waals surface area contributed by atoms with Gasteiger partial charge in [0.05, 0.1) is 5.60 Å². The quantitative estimate of drug-likeness (QED) is 0.681. The monoisotopic (exact) mass is 375 g/mol. The molecule has 5 rings (SSSR count). The fourth-order valence-corrected chi connectivity index (χ4v) is 4.50. The van der Waals surface area contributed by atoms with Crippen LogP contribution in [0.1, 0.15) is 31.2 Å². The molecule has 4 aliphatic rings. The Hall–Kier alpha value is -2.12. The molecule has 2 bridgehead atoms. The third kappa shape index (κ3) is 4.59. The average molecular weight is 375 g/mol. The largest absolute Gasteiger partial charge is 0.483 e. The minimum absolute atomic E-state index is 0.0452. The molecule has 0 aromatic heterocycles. The van der Waals surface area contributed by atoms with Gasteiger partial charge in [0.1, 0.15) is 0 Å². The van der Waals surface area contributed by atoms with Crippen LogP contribution in [-0.4, -0.2) is 71.3 Å². The van der Waals surface area contributed by atoms with E-state index in [1.807, 2.05) is 35.2 Å². The Morgan fingerprint density at radius 2 is 1.70 bits per heavy atom. The summed E-state index contributed by atoms with van der Waals surface area (Å²) in [6, 6.07) is 10.2. The second kappa shape index (κ2) is 8.71. The molecule has 4 aliphatic heterocycles. The smallest absolute Gasteiger partial charge is 0.317 e. The number of piperidine rings is 4. The van der Waals surface area contributed by atoms with Crippen LogP contribution in [0.3, 0.4) is 0 Å². The molecular weight excluding hydrogens is 346 g/mol. The van der Waals surface area contributed by atoms with Crippen molar-refractivity contribution < 1.29 is 19.8 Å². The lowest BCUT2D eigenvalue weighted by Gasteiger charge is -2.46. The summed E-state index contributed by atoms with van der Waals surface area (Å²) in [6.45, 7) is 4.34. The molecule has 0 spiro atoms. The number of rotatable bonds is 2. The summed E-state index contributed by atoms with van der Waals surface area (Å²) >= 11 is 0. The molecule has 148 valence electrons. The second-order valence-corrected chi connectivity index (χ2v) is 7.68. The predicted octanol–water partition coefficient (Wildman–Crippen LogP) is 1.47. The van der Waals surface area contributed by atoms with Gasteiger partial charge in [-0.15, -0.1) is 0 Å². The summed E-state index contributed by atoms with van der Waals surface area (Å²) in [5, 5.41) is 21.0. The van der Waals surface area contributed by atoms with Gasteiger partial charge in [-0.1, -0.05) is 30.3 Å². The van der Waals surface area contributed by atoms with Crippen LogP contribution in [0.2, 0.25) is 0 Å². The molecule has 3 N–H and O–H groups in total. The zero-order valence-electron chi connectivity index (χ0n) is 15.6. The van der Waals surface area contributed by atoms with Gasteiger partial charge in [0.2, 0.25) is 0 Å². The van der Waals surface area contributed by atoms with Crippen LogP contribution in [0.25, 0.3) is 0 Å². The number of urea groups is 1. The SMILES string of the molecule is O=C(NC1CN2CCC1CC2)N1CCC(O)(c2ccccc2)CC1.O=CO. The van der Waals surface area contributed by atoms with Crippen molar-refractivity contribution in [3.63, 3.8) is 0 Å². The van der Waals surface area contributed by atoms with Crippen LogP contribution < -0.4 is 5.32 Å². The number of carbonyl (C=O) groups is 2. The summed E-state index contributed by atoms with van der Waals surface area (Å²) in [6.07, 6.45) is 3.62. The zero-order chi connectivity index (χ0) is 19.3. The number of nitrogens with zero attached hydrogens (tertiary/aromatic N) is 2. The molecule has 1 atom stereocenters. The number of likely N-dealkylation sites (tertiary alicyclic amines) is 1. The van der Waals surface area contributed by atoms with Gasteiger partial charge in [-0.25, -0.2) is 4.79 Å². The Bertz CT molecular complexity index is 623. The fraction of sp³-hybridized carbons (Fsp3) is 0.600. The molecule has 0 saturated carbocycles. The van der Waals surface area contributed by atoms with Crippen LogP contribution in [0, 0.1) is 5.92 Å². The minimum Gasteiger partial charge on any atom is -0.483 e. The Morgan fingerprint density at radius 3 is 2.22 bits per heavy atom. The molecule has 4 fully saturated rings. The molecule has 1 aromatic carbocycles. The van der Waals surface area contributed by atoms with Gasteiger partial charge in [-0.2, -0.15) is 0 Å². The molecule has 2 amide bonds. The van der Waals surface area contributed by atoms with E-state index in [1.165, 1.54) is 25.9 Å². The van der Waals surface area contributed by atoms with Crippen molar-refractivity contribution in [2.75, 3.05) is 32.7 Å². The summed E-state index contributed by atoms with van der Waals surface area (Å²) in [7, 11) is 0. The average Bonchev–Trinajstić information content (AvgIpc) is 2.71. The highest BCUT2D eigenvalue weighted by Crippen LogP contribution is 2.33. The highest BCUT2D eigenvalue weighted by molar-refractivity contribution is 5.74. The van der Waals surface area contributed by atoms with E-state index in [-0.39, 0.29) is 12.5 Å². The number of hydrogen-bond donors (Lipinski definition) is 3. The van der Waals surface area contributed by atoms with E-state index < -0.39 is 5.60 Å². The molecule has 4 saturated heterocycles. The molecule has 0 aliphatic carbocycles. The van der Waals surface area contributed by atoms with Gasteiger partial charge in [0.25, 0.3) is 6.47 Å². The molecule has 1 aromatic rings. The lowest BCUT2D eigenvalue weighted by Crippen LogP contribution is -2.60. The highest BCUT2D eigenvalue weighted by atomic mass is 16.3. The van der Waals surface area contributed by atoms with Crippen LogP contribution in [0.15, 0.2) is 30.3 Å². The third-order valence-corrected chi connectivity index (χ3v) is 6.15. The third-order valence-electron chi connectivity index (χ3n) is 6.15. The Morgan fingerprint density at radius 1 is 1.11 bits per heavy atom. The first-order valence-corrected chi connectivity index (χ1v) is 9.69. The normalized spacial score (nSPS) is 28.6. The molecule has 4 heterocycles. The molecule has 7 nitrogen and oxygen atoms in total. The van der Waals surface area contributed by atoms with E-state index in [1.54, 1.807) is 0 Å². The predicted molar refractivity (Wildman–Crippen MR) is 101 cm³/mol. The molecule has 27 heavy (non-hydrogen) atoms. The van der Waals surface area contributed by atoms with Gasteiger partial charge in [0.15, 0.2) is 0 Å². The number of carbonyl (C=O) groups excluding carboxylic acids is 1. The van der Waals surface area contributed by atoms with Crippen molar-refractivity contribution in [3.05, 3.63) is 35.9 Å². The summed E-state index contributed by atoms with van der Waals surface area (Å²) < 4.78 is 0. The number of amides is 2. The van der Waals surface area contributed by atoms with Gasteiger partial charge in [-0.05, 0) is 50.3 Å². The standard InChI is InChI=1S/C19H27N3O2.CH2O2/c23-18(20-17-14-21-10-6-15(17)7-11-21)22-12-8-19(24,9-13-22)16-4-2-1-3-5-16;2-1-3/h1-5,15,17,24H,6-14H2,(H,20,23);1H,(H,2,3). The van der Waals surface area contributed by atoms with Crippen LogP contribution >= 0.6 is 0 Å². The van der Waals surface area contributed by atoms with E-state index in [0.717, 1.165) is 12.1 Å². The van der Waals surface area contributed by atoms with E-state index in [2.05, 4.69) is 10.2 Å². The summed E-state index contributed by atoms with van der Waals surface area (Å²) in [5.74, 6) is 0.644.